The number of nitrogens with one attached hydrogen (secondary N) is 3. The highest BCUT2D eigenvalue weighted by atomic mass is 35.5. The minimum Gasteiger partial charge on any atom is -0.466 e. The third-order valence-corrected chi connectivity index (χ3v) is 6.95. The Balaban J connectivity index is 1.42. The second-order valence-corrected chi connectivity index (χ2v) is 10.3. The quantitative estimate of drug-likeness (QED) is 0.151. The molecular formula is C33H31Cl2N3O4. The Morgan fingerprint density at radius 1 is 0.833 bits per heavy atom. The van der Waals surface area contributed by atoms with Crippen molar-refractivity contribution < 1.29 is 19.1 Å². The van der Waals surface area contributed by atoms with Crippen LogP contribution in [0, 0.1) is 0 Å². The SMILES string of the molecule is CCOC(=O)CCNC(=O)c1ccc(N[C@@H](Cc2ccccc2)C(=O)Nc2ccc(-c3ccc(Cl)cc3Cl)cc2)cc1. The number of halogens is 2. The average Bonchev–Trinajstić information content (AvgIpc) is 2.98. The summed E-state index contributed by atoms with van der Waals surface area (Å²) in [5.41, 5.74) is 4.51. The van der Waals surface area contributed by atoms with Crippen molar-refractivity contribution in [3.63, 3.8) is 0 Å². The van der Waals surface area contributed by atoms with Gasteiger partial charge in [0, 0.05) is 45.5 Å². The van der Waals surface area contributed by atoms with E-state index in [1.165, 1.54) is 0 Å². The van der Waals surface area contributed by atoms with Crippen LogP contribution < -0.4 is 16.0 Å². The van der Waals surface area contributed by atoms with E-state index in [1.54, 1.807) is 43.3 Å². The molecule has 0 saturated carbocycles. The minimum absolute atomic E-state index is 0.104. The molecule has 7 nitrogen and oxygen atoms in total. The zero-order valence-corrected chi connectivity index (χ0v) is 24.5. The summed E-state index contributed by atoms with van der Waals surface area (Å²) in [5.74, 6) is -0.869. The number of ether oxygens (including phenoxy) is 1. The molecule has 3 N–H and O–H groups in total. The number of esters is 1. The molecule has 2 amide bonds. The maximum absolute atomic E-state index is 13.5. The van der Waals surface area contributed by atoms with Gasteiger partial charge in [0.2, 0.25) is 5.91 Å². The van der Waals surface area contributed by atoms with Crippen molar-refractivity contribution in [2.75, 3.05) is 23.8 Å². The lowest BCUT2D eigenvalue weighted by Gasteiger charge is -2.20. The van der Waals surface area contributed by atoms with Crippen LogP contribution in [0.4, 0.5) is 11.4 Å². The van der Waals surface area contributed by atoms with Crippen LogP contribution in [0.3, 0.4) is 0 Å². The van der Waals surface area contributed by atoms with Crippen molar-refractivity contribution in [3.8, 4) is 11.1 Å². The highest BCUT2D eigenvalue weighted by molar-refractivity contribution is 6.36. The summed E-state index contributed by atoms with van der Waals surface area (Å²) in [6.07, 6.45) is 0.550. The molecule has 0 radical (unpaired) electrons. The van der Waals surface area contributed by atoms with Crippen molar-refractivity contribution in [1.29, 1.82) is 0 Å². The number of hydrogen-bond acceptors (Lipinski definition) is 5. The van der Waals surface area contributed by atoms with Gasteiger partial charge in [0.25, 0.3) is 5.91 Å². The molecule has 0 fully saturated rings. The van der Waals surface area contributed by atoms with Gasteiger partial charge in [0.05, 0.1) is 13.0 Å². The topological polar surface area (TPSA) is 96.5 Å². The molecular weight excluding hydrogens is 573 g/mol. The molecule has 0 heterocycles. The average molecular weight is 605 g/mol. The molecule has 42 heavy (non-hydrogen) atoms. The van der Waals surface area contributed by atoms with E-state index in [-0.39, 0.29) is 30.7 Å². The monoisotopic (exact) mass is 603 g/mol. The maximum atomic E-state index is 13.5. The van der Waals surface area contributed by atoms with E-state index in [2.05, 4.69) is 16.0 Å². The van der Waals surface area contributed by atoms with Crippen molar-refractivity contribution in [1.82, 2.24) is 5.32 Å². The summed E-state index contributed by atoms with van der Waals surface area (Å²) in [6.45, 7) is 2.22. The van der Waals surface area contributed by atoms with Gasteiger partial charge in [-0.3, -0.25) is 14.4 Å². The van der Waals surface area contributed by atoms with Gasteiger partial charge in [-0.25, -0.2) is 0 Å². The molecule has 0 unspecified atom stereocenters. The lowest BCUT2D eigenvalue weighted by molar-refractivity contribution is -0.142. The third-order valence-electron chi connectivity index (χ3n) is 6.40. The second-order valence-electron chi connectivity index (χ2n) is 9.47. The molecule has 0 aliphatic rings. The Morgan fingerprint density at radius 2 is 1.52 bits per heavy atom. The fourth-order valence-corrected chi connectivity index (χ4v) is 4.80. The van der Waals surface area contributed by atoms with Gasteiger partial charge in [0.1, 0.15) is 6.04 Å². The van der Waals surface area contributed by atoms with Crippen molar-refractivity contribution >= 4 is 52.4 Å². The lowest BCUT2D eigenvalue weighted by Crippen LogP contribution is -2.36. The van der Waals surface area contributed by atoms with E-state index < -0.39 is 6.04 Å². The summed E-state index contributed by atoms with van der Waals surface area (Å²) in [7, 11) is 0. The van der Waals surface area contributed by atoms with Crippen LogP contribution in [0.2, 0.25) is 10.0 Å². The minimum atomic E-state index is -0.595. The first-order chi connectivity index (χ1) is 20.3. The van der Waals surface area contributed by atoms with E-state index in [1.807, 2.05) is 60.7 Å². The van der Waals surface area contributed by atoms with E-state index in [0.29, 0.717) is 40.0 Å². The number of benzene rings is 4. The second kappa shape index (κ2) is 15.1. The van der Waals surface area contributed by atoms with Crippen LogP contribution in [-0.2, 0) is 20.7 Å². The number of anilines is 2. The molecule has 4 rings (SSSR count). The molecule has 0 spiro atoms. The first-order valence-electron chi connectivity index (χ1n) is 13.5. The molecule has 216 valence electrons. The Labute approximate surface area is 255 Å². The summed E-state index contributed by atoms with van der Waals surface area (Å²) in [6, 6.07) is 28.7. The zero-order chi connectivity index (χ0) is 29.9. The molecule has 4 aromatic carbocycles. The molecule has 4 aromatic rings. The van der Waals surface area contributed by atoms with E-state index in [4.69, 9.17) is 27.9 Å². The summed E-state index contributed by atoms with van der Waals surface area (Å²) in [4.78, 5) is 37.4. The fourth-order valence-electron chi connectivity index (χ4n) is 4.28. The van der Waals surface area contributed by atoms with Crippen molar-refractivity contribution in [2.45, 2.75) is 25.8 Å². The molecule has 0 aliphatic heterocycles. The Bertz CT molecular complexity index is 1510. The van der Waals surface area contributed by atoms with Crippen LogP contribution in [-0.4, -0.2) is 37.0 Å². The summed E-state index contributed by atoms with van der Waals surface area (Å²) in [5, 5.41) is 10.1. The van der Waals surface area contributed by atoms with Crippen LogP contribution in [0.15, 0.2) is 97.1 Å². The Morgan fingerprint density at radius 3 is 2.19 bits per heavy atom. The van der Waals surface area contributed by atoms with Gasteiger partial charge >= 0.3 is 5.97 Å². The molecule has 9 heteroatoms. The highest BCUT2D eigenvalue weighted by Crippen LogP contribution is 2.31. The Hall–Kier alpha value is -4.33. The molecule has 1 atom stereocenters. The predicted molar refractivity (Wildman–Crippen MR) is 168 cm³/mol. The number of hydrogen-bond donors (Lipinski definition) is 3. The summed E-state index contributed by atoms with van der Waals surface area (Å²) >= 11 is 12.4. The van der Waals surface area contributed by atoms with Crippen molar-refractivity contribution in [3.05, 3.63) is 118 Å². The van der Waals surface area contributed by atoms with Gasteiger partial charge in [-0.1, -0.05) is 71.7 Å². The van der Waals surface area contributed by atoms with Crippen LogP contribution >= 0.6 is 23.2 Å². The molecule has 0 bridgehead atoms. The Kier molecular flexibility index (Phi) is 11.0. The molecule has 0 aliphatic carbocycles. The van der Waals surface area contributed by atoms with E-state index in [9.17, 15) is 14.4 Å². The number of carbonyl (C=O) groups is 3. The van der Waals surface area contributed by atoms with Gasteiger partial charge < -0.3 is 20.7 Å². The molecule has 0 aromatic heterocycles. The van der Waals surface area contributed by atoms with E-state index >= 15 is 0 Å². The number of rotatable bonds is 12. The zero-order valence-electron chi connectivity index (χ0n) is 23.0. The van der Waals surface area contributed by atoms with Crippen LogP contribution in [0.5, 0.6) is 0 Å². The maximum Gasteiger partial charge on any atom is 0.307 e. The van der Waals surface area contributed by atoms with E-state index in [0.717, 1.165) is 16.7 Å². The predicted octanol–water partition coefficient (Wildman–Crippen LogP) is 7.01. The highest BCUT2D eigenvalue weighted by Gasteiger charge is 2.20. The van der Waals surface area contributed by atoms with Gasteiger partial charge in [0.15, 0.2) is 0 Å². The smallest absolute Gasteiger partial charge is 0.307 e. The largest absolute Gasteiger partial charge is 0.466 e. The van der Waals surface area contributed by atoms with Crippen LogP contribution in [0.25, 0.3) is 11.1 Å². The standard InChI is InChI=1S/C33H31Cl2N3O4/c1-2-42-31(39)18-19-36-32(40)24-10-15-26(16-11-24)37-30(20-22-6-4-3-5-7-22)33(41)38-27-13-8-23(9-14-27)28-17-12-25(34)21-29(28)35/h3-17,21,30,37H,2,18-20H2,1H3,(H,36,40)(H,38,41)/t30-/m0/s1. The summed E-state index contributed by atoms with van der Waals surface area (Å²) < 4.78 is 4.87. The first-order valence-corrected chi connectivity index (χ1v) is 14.3. The van der Waals surface area contributed by atoms with Crippen LogP contribution in [0.1, 0.15) is 29.3 Å². The van der Waals surface area contributed by atoms with Crippen molar-refractivity contribution in [2.24, 2.45) is 0 Å². The van der Waals surface area contributed by atoms with Gasteiger partial charge in [-0.05, 0) is 66.6 Å². The normalized spacial score (nSPS) is 11.3. The lowest BCUT2D eigenvalue weighted by atomic mass is 10.0. The third kappa shape index (κ3) is 8.83. The first kappa shape index (κ1) is 30.6. The van der Waals surface area contributed by atoms with Gasteiger partial charge in [-0.15, -0.1) is 0 Å². The number of amides is 2. The fraction of sp³-hybridized carbons (Fsp3) is 0.182. The van der Waals surface area contributed by atoms with Gasteiger partial charge in [-0.2, -0.15) is 0 Å². The molecule has 0 saturated heterocycles. The number of carbonyl (C=O) groups excluding carboxylic acids is 3.